The number of benzene rings is 1. The molecule has 1 atom stereocenters. The number of nitrogens with zero attached hydrogens (tertiary/aromatic N) is 1. The summed E-state index contributed by atoms with van der Waals surface area (Å²) in [5, 5.41) is 9.26. The average Bonchev–Trinajstić information content (AvgIpc) is 2.77. The first-order valence-corrected chi connectivity index (χ1v) is 6.90. The quantitative estimate of drug-likeness (QED) is 0.858. The Bertz CT molecular complexity index is 483. The van der Waals surface area contributed by atoms with Gasteiger partial charge < -0.3 is 5.11 Å². The van der Waals surface area contributed by atoms with Crippen LogP contribution in [0.1, 0.15) is 12.5 Å². The fourth-order valence-electron chi connectivity index (χ4n) is 1.63. The van der Waals surface area contributed by atoms with E-state index in [9.17, 15) is 13.5 Å². The predicted molar refractivity (Wildman–Crippen MR) is 61.7 cm³/mol. The Kier molecular flexibility index (Phi) is 3.48. The summed E-state index contributed by atoms with van der Waals surface area (Å²) in [4.78, 5) is 5.12. The summed E-state index contributed by atoms with van der Waals surface area (Å²) in [5.74, 6) is 0. The minimum Gasteiger partial charge on any atom is -0.389 e. The third-order valence-electron chi connectivity index (χ3n) is 2.67. The number of aliphatic hydroxyl groups excluding tert-OH is 1. The van der Waals surface area contributed by atoms with Crippen molar-refractivity contribution in [1.29, 1.82) is 0 Å². The molecule has 17 heavy (non-hydrogen) atoms. The van der Waals surface area contributed by atoms with Gasteiger partial charge in [-0.3, -0.25) is 4.84 Å². The lowest BCUT2D eigenvalue weighted by Gasteiger charge is -2.14. The van der Waals surface area contributed by atoms with Gasteiger partial charge in [0.1, 0.15) is 0 Å². The van der Waals surface area contributed by atoms with Crippen LogP contribution in [0.3, 0.4) is 0 Å². The molecule has 0 spiro atoms. The largest absolute Gasteiger partial charge is 0.389 e. The minimum absolute atomic E-state index is 0.0160. The van der Waals surface area contributed by atoms with Crippen LogP contribution in [0.25, 0.3) is 0 Å². The highest BCUT2D eigenvalue weighted by atomic mass is 32.2. The summed E-state index contributed by atoms with van der Waals surface area (Å²) in [6.45, 7) is 2.01. The van der Waals surface area contributed by atoms with Gasteiger partial charge in [0, 0.05) is 0 Å². The molecule has 5 nitrogen and oxygen atoms in total. The maximum Gasteiger partial charge on any atom is 0.265 e. The van der Waals surface area contributed by atoms with E-state index in [2.05, 4.69) is 0 Å². The molecule has 0 aromatic heterocycles. The molecule has 1 aliphatic heterocycles. The number of hydrogen-bond acceptors (Lipinski definition) is 4. The summed E-state index contributed by atoms with van der Waals surface area (Å²) in [6.07, 6.45) is 0.110. The number of sulfonamides is 1. The van der Waals surface area contributed by atoms with E-state index in [-0.39, 0.29) is 18.0 Å². The highest BCUT2D eigenvalue weighted by Crippen LogP contribution is 2.20. The maximum atomic E-state index is 12.1. The van der Waals surface area contributed by atoms with Gasteiger partial charge in [0.05, 0.1) is 24.2 Å². The first-order valence-electron chi connectivity index (χ1n) is 5.46. The zero-order valence-corrected chi connectivity index (χ0v) is 10.4. The van der Waals surface area contributed by atoms with Crippen LogP contribution in [0, 0.1) is 0 Å². The second-order valence-corrected chi connectivity index (χ2v) is 5.77. The molecule has 1 fully saturated rings. The van der Waals surface area contributed by atoms with Crippen molar-refractivity contribution in [2.75, 3.05) is 13.2 Å². The Morgan fingerprint density at radius 2 is 2.06 bits per heavy atom. The van der Waals surface area contributed by atoms with Crippen LogP contribution < -0.4 is 0 Å². The lowest BCUT2D eigenvalue weighted by atomic mass is 10.2. The second-order valence-electron chi connectivity index (χ2n) is 3.94. The van der Waals surface area contributed by atoms with Crippen LogP contribution in [0.2, 0.25) is 0 Å². The smallest absolute Gasteiger partial charge is 0.265 e. The number of aryl methyl sites for hydroxylation is 1. The molecular formula is C11H15NO4S. The fraction of sp³-hybridized carbons (Fsp3) is 0.455. The van der Waals surface area contributed by atoms with Crippen molar-refractivity contribution in [2.45, 2.75) is 24.3 Å². The lowest BCUT2D eigenvalue weighted by Crippen LogP contribution is -2.28. The Balaban J connectivity index is 2.25. The van der Waals surface area contributed by atoms with Gasteiger partial charge in [-0.05, 0) is 24.1 Å². The SMILES string of the molecule is CCc1ccc(S(=O)(=O)N2C[C@@H](O)CO2)cc1. The van der Waals surface area contributed by atoms with Crippen molar-refractivity contribution in [3.63, 3.8) is 0 Å². The van der Waals surface area contributed by atoms with E-state index in [1.165, 1.54) is 0 Å². The summed E-state index contributed by atoms with van der Waals surface area (Å²) in [7, 11) is -3.65. The molecule has 1 heterocycles. The van der Waals surface area contributed by atoms with E-state index >= 15 is 0 Å². The van der Waals surface area contributed by atoms with Crippen LogP contribution >= 0.6 is 0 Å². The summed E-state index contributed by atoms with van der Waals surface area (Å²) < 4.78 is 25.0. The molecule has 0 bridgehead atoms. The molecule has 0 radical (unpaired) electrons. The normalized spacial score (nSPS) is 21.9. The molecular weight excluding hydrogens is 242 g/mol. The number of β-amino-alcohol motifs (C(OH)–C–C–N with tert-alkyl or cyclic N) is 1. The monoisotopic (exact) mass is 257 g/mol. The van der Waals surface area contributed by atoms with Crippen LogP contribution in [-0.4, -0.2) is 37.2 Å². The van der Waals surface area contributed by atoms with E-state index in [1.807, 2.05) is 6.92 Å². The van der Waals surface area contributed by atoms with Crippen molar-refractivity contribution in [3.05, 3.63) is 29.8 Å². The maximum absolute atomic E-state index is 12.1. The van der Waals surface area contributed by atoms with Gasteiger partial charge >= 0.3 is 0 Å². The Hall–Kier alpha value is -0.950. The summed E-state index contributed by atoms with van der Waals surface area (Å²) in [6, 6.07) is 6.67. The van der Waals surface area contributed by atoms with Gasteiger partial charge in [-0.15, -0.1) is 0 Å². The molecule has 0 aliphatic carbocycles. The average molecular weight is 257 g/mol. The molecule has 0 amide bonds. The third-order valence-corrected chi connectivity index (χ3v) is 4.33. The zero-order valence-electron chi connectivity index (χ0n) is 9.54. The Morgan fingerprint density at radius 1 is 1.41 bits per heavy atom. The van der Waals surface area contributed by atoms with Gasteiger partial charge in [-0.25, -0.2) is 8.42 Å². The topological polar surface area (TPSA) is 66.8 Å². The molecule has 0 saturated carbocycles. The summed E-state index contributed by atoms with van der Waals surface area (Å²) >= 11 is 0. The van der Waals surface area contributed by atoms with E-state index in [0.29, 0.717) is 0 Å². The van der Waals surface area contributed by atoms with Crippen molar-refractivity contribution in [2.24, 2.45) is 0 Å². The first kappa shape index (κ1) is 12.5. The summed E-state index contributed by atoms with van der Waals surface area (Å²) in [5.41, 5.74) is 1.08. The predicted octanol–water partition coefficient (Wildman–Crippen LogP) is 0.546. The van der Waals surface area contributed by atoms with Gasteiger partial charge in [0.15, 0.2) is 0 Å². The van der Waals surface area contributed by atoms with Crippen molar-refractivity contribution < 1.29 is 18.4 Å². The van der Waals surface area contributed by atoms with E-state index in [1.54, 1.807) is 24.3 Å². The number of hydroxylamine groups is 1. The van der Waals surface area contributed by atoms with Crippen LogP contribution in [0.4, 0.5) is 0 Å². The Morgan fingerprint density at radius 3 is 2.53 bits per heavy atom. The highest BCUT2D eigenvalue weighted by Gasteiger charge is 2.33. The molecule has 0 unspecified atom stereocenters. The molecule has 1 aliphatic rings. The molecule has 1 aromatic rings. The van der Waals surface area contributed by atoms with E-state index in [0.717, 1.165) is 16.5 Å². The van der Waals surface area contributed by atoms with Gasteiger partial charge in [0.25, 0.3) is 10.0 Å². The molecule has 1 N–H and O–H groups in total. The number of hydrogen-bond donors (Lipinski definition) is 1. The number of rotatable bonds is 3. The highest BCUT2D eigenvalue weighted by molar-refractivity contribution is 7.89. The molecule has 1 aromatic carbocycles. The second kappa shape index (κ2) is 4.73. The zero-order chi connectivity index (χ0) is 12.5. The van der Waals surface area contributed by atoms with E-state index in [4.69, 9.17) is 4.84 Å². The Labute approximate surface area is 101 Å². The molecule has 2 rings (SSSR count). The van der Waals surface area contributed by atoms with Crippen molar-refractivity contribution in [1.82, 2.24) is 4.47 Å². The minimum atomic E-state index is -3.65. The third kappa shape index (κ3) is 2.50. The van der Waals surface area contributed by atoms with Crippen molar-refractivity contribution in [3.8, 4) is 0 Å². The molecule has 6 heteroatoms. The molecule has 1 saturated heterocycles. The van der Waals surface area contributed by atoms with Crippen LogP contribution in [0.5, 0.6) is 0 Å². The van der Waals surface area contributed by atoms with Gasteiger partial charge in [-0.2, -0.15) is 0 Å². The lowest BCUT2D eigenvalue weighted by molar-refractivity contribution is -0.0316. The van der Waals surface area contributed by atoms with Gasteiger partial charge in [0.2, 0.25) is 0 Å². The van der Waals surface area contributed by atoms with E-state index < -0.39 is 16.1 Å². The van der Waals surface area contributed by atoms with Crippen molar-refractivity contribution >= 4 is 10.0 Å². The van der Waals surface area contributed by atoms with Gasteiger partial charge in [-0.1, -0.05) is 23.5 Å². The fourth-order valence-corrected chi connectivity index (χ4v) is 2.91. The van der Waals surface area contributed by atoms with Crippen LogP contribution in [0.15, 0.2) is 29.2 Å². The standard InChI is InChI=1S/C11H15NO4S/c1-2-9-3-5-11(6-4-9)17(14,15)12-7-10(13)8-16-12/h3-6,10,13H,2,7-8H2,1H3/t10-/m1/s1. The first-order chi connectivity index (χ1) is 8.04. The number of aliphatic hydroxyl groups is 1. The van der Waals surface area contributed by atoms with Crippen LogP contribution in [-0.2, 0) is 21.3 Å². The molecule has 94 valence electrons.